The quantitative estimate of drug-likeness (QED) is 0.670. The average Bonchev–Trinajstić information content (AvgIpc) is 2.28. The second-order valence-corrected chi connectivity index (χ2v) is 4.79. The zero-order valence-corrected chi connectivity index (χ0v) is 11.2. The van der Waals surface area contributed by atoms with Crippen molar-refractivity contribution >= 4 is 33.5 Å². The van der Waals surface area contributed by atoms with Crippen molar-refractivity contribution in [3.8, 4) is 0 Å². The fourth-order valence-corrected chi connectivity index (χ4v) is 1.83. The van der Waals surface area contributed by atoms with Crippen molar-refractivity contribution in [2.45, 2.75) is 11.4 Å². The van der Waals surface area contributed by atoms with E-state index in [1.165, 1.54) is 7.11 Å². The number of methoxy groups -OCH3 is 1. The molecule has 0 aliphatic heterocycles. The zero-order chi connectivity index (χ0) is 12.0. The molecule has 1 atom stereocenters. The average molecular weight is 307 g/mol. The highest BCUT2D eigenvalue weighted by atomic mass is 79.9. The van der Waals surface area contributed by atoms with Gasteiger partial charge >= 0.3 is 5.97 Å². The molecule has 0 bridgehead atoms. The molecule has 5 heteroatoms. The van der Waals surface area contributed by atoms with Gasteiger partial charge in [-0.25, -0.2) is 0 Å². The monoisotopic (exact) mass is 305 g/mol. The molecule has 1 aromatic rings. The minimum atomic E-state index is -0.323. The van der Waals surface area contributed by atoms with Crippen molar-refractivity contribution in [2.24, 2.45) is 0 Å². The third-order valence-corrected chi connectivity index (χ3v) is 2.93. The van der Waals surface area contributed by atoms with E-state index in [0.29, 0.717) is 18.1 Å². The van der Waals surface area contributed by atoms with Crippen molar-refractivity contribution < 1.29 is 9.53 Å². The van der Waals surface area contributed by atoms with Crippen LogP contribution in [0.1, 0.15) is 5.56 Å². The first-order valence-corrected chi connectivity index (χ1v) is 6.10. The molecular formula is C11H13BrClNO2. The fourth-order valence-electron chi connectivity index (χ4n) is 1.20. The van der Waals surface area contributed by atoms with E-state index < -0.39 is 0 Å². The lowest BCUT2D eigenvalue weighted by Crippen LogP contribution is -2.29. The van der Waals surface area contributed by atoms with Crippen molar-refractivity contribution in [1.82, 2.24) is 5.32 Å². The van der Waals surface area contributed by atoms with Crippen LogP contribution in [0.15, 0.2) is 24.3 Å². The molecule has 0 spiro atoms. The molecular weight excluding hydrogens is 293 g/mol. The largest absolute Gasteiger partial charge is 0.468 e. The number of carbonyl (C=O) groups is 1. The number of halogens is 2. The number of benzene rings is 1. The molecule has 0 saturated heterocycles. The summed E-state index contributed by atoms with van der Waals surface area (Å²) < 4.78 is 4.59. The Morgan fingerprint density at radius 1 is 1.62 bits per heavy atom. The lowest BCUT2D eigenvalue weighted by molar-refractivity contribution is -0.139. The van der Waals surface area contributed by atoms with E-state index >= 15 is 0 Å². The maximum Gasteiger partial charge on any atom is 0.320 e. The van der Waals surface area contributed by atoms with Crippen molar-refractivity contribution in [3.63, 3.8) is 0 Å². The normalized spacial score (nSPS) is 12.2. The Morgan fingerprint density at radius 2 is 2.38 bits per heavy atom. The van der Waals surface area contributed by atoms with E-state index in [2.05, 4.69) is 26.0 Å². The molecule has 0 aliphatic rings. The standard InChI is InChI=1S/C11H13BrClNO2/c1-16-11(15)10(12)7-14-6-8-3-2-4-9(13)5-8/h2-5,10,14H,6-7H2,1H3. The smallest absolute Gasteiger partial charge is 0.320 e. The second-order valence-electron chi connectivity index (χ2n) is 3.25. The van der Waals surface area contributed by atoms with E-state index in [1.807, 2.05) is 24.3 Å². The first-order chi connectivity index (χ1) is 7.63. The Bertz CT molecular complexity index is 360. The van der Waals surface area contributed by atoms with Gasteiger partial charge in [-0.2, -0.15) is 0 Å². The topological polar surface area (TPSA) is 38.3 Å². The Hall–Kier alpha value is -0.580. The van der Waals surface area contributed by atoms with Crippen LogP contribution in [-0.2, 0) is 16.1 Å². The molecule has 1 rings (SSSR count). The lowest BCUT2D eigenvalue weighted by atomic mass is 10.2. The van der Waals surface area contributed by atoms with Gasteiger partial charge in [-0.3, -0.25) is 4.79 Å². The molecule has 88 valence electrons. The van der Waals surface area contributed by atoms with E-state index in [-0.39, 0.29) is 10.8 Å². The fraction of sp³-hybridized carbons (Fsp3) is 0.364. The minimum absolute atomic E-state index is 0.279. The Kier molecular flexibility index (Phi) is 5.80. The van der Waals surface area contributed by atoms with Gasteiger partial charge in [0.05, 0.1) is 7.11 Å². The van der Waals surface area contributed by atoms with Gasteiger partial charge in [0.25, 0.3) is 0 Å². The summed E-state index contributed by atoms with van der Waals surface area (Å²) in [6.45, 7) is 1.18. The number of hydrogen-bond donors (Lipinski definition) is 1. The third-order valence-electron chi connectivity index (χ3n) is 2.00. The summed E-state index contributed by atoms with van der Waals surface area (Å²) in [6.07, 6.45) is 0. The SMILES string of the molecule is COC(=O)C(Br)CNCc1cccc(Cl)c1. The predicted octanol–water partition coefficient (Wildman–Crippen LogP) is 2.37. The number of rotatable bonds is 5. The van der Waals surface area contributed by atoms with E-state index in [4.69, 9.17) is 11.6 Å². The highest BCUT2D eigenvalue weighted by Crippen LogP contribution is 2.10. The van der Waals surface area contributed by atoms with Crippen molar-refractivity contribution in [2.75, 3.05) is 13.7 Å². The maximum absolute atomic E-state index is 11.1. The third kappa shape index (κ3) is 4.51. The molecule has 0 amide bonds. The van der Waals surface area contributed by atoms with Crippen LogP contribution >= 0.6 is 27.5 Å². The first kappa shape index (κ1) is 13.5. The molecule has 0 fully saturated rings. The summed E-state index contributed by atoms with van der Waals surface area (Å²) in [5.41, 5.74) is 1.08. The summed E-state index contributed by atoms with van der Waals surface area (Å²) in [6, 6.07) is 7.58. The molecule has 1 unspecified atom stereocenters. The molecule has 16 heavy (non-hydrogen) atoms. The van der Waals surface area contributed by atoms with Gasteiger partial charge in [-0.05, 0) is 17.7 Å². The van der Waals surface area contributed by atoms with E-state index in [0.717, 1.165) is 5.56 Å². The van der Waals surface area contributed by atoms with Gasteiger partial charge in [0.15, 0.2) is 0 Å². The molecule has 1 N–H and O–H groups in total. The predicted molar refractivity (Wildman–Crippen MR) is 67.9 cm³/mol. The number of hydrogen-bond acceptors (Lipinski definition) is 3. The summed E-state index contributed by atoms with van der Waals surface area (Å²) >= 11 is 9.08. The van der Waals surface area contributed by atoms with Crippen LogP contribution in [0.2, 0.25) is 5.02 Å². The van der Waals surface area contributed by atoms with Crippen LogP contribution in [0, 0.1) is 0 Å². The minimum Gasteiger partial charge on any atom is -0.468 e. The van der Waals surface area contributed by atoms with Crippen LogP contribution in [-0.4, -0.2) is 24.5 Å². The second kappa shape index (κ2) is 6.89. The Morgan fingerprint density at radius 3 is 3.00 bits per heavy atom. The zero-order valence-electron chi connectivity index (χ0n) is 8.87. The van der Waals surface area contributed by atoms with Crippen molar-refractivity contribution in [1.29, 1.82) is 0 Å². The van der Waals surface area contributed by atoms with Crippen LogP contribution in [0.5, 0.6) is 0 Å². The number of alkyl halides is 1. The highest BCUT2D eigenvalue weighted by Gasteiger charge is 2.13. The summed E-state index contributed by atoms with van der Waals surface area (Å²) in [7, 11) is 1.37. The summed E-state index contributed by atoms with van der Waals surface area (Å²) in [5, 5.41) is 3.85. The molecule has 1 aromatic carbocycles. The number of nitrogens with one attached hydrogen (secondary N) is 1. The Labute approximate surface area is 108 Å². The van der Waals surface area contributed by atoms with Gasteiger partial charge in [0.1, 0.15) is 4.83 Å². The Balaban J connectivity index is 2.33. The number of carbonyl (C=O) groups excluding carboxylic acids is 1. The first-order valence-electron chi connectivity index (χ1n) is 4.80. The molecule has 0 radical (unpaired) electrons. The molecule has 0 aromatic heterocycles. The maximum atomic E-state index is 11.1. The van der Waals surface area contributed by atoms with Crippen LogP contribution in [0.25, 0.3) is 0 Å². The van der Waals surface area contributed by atoms with E-state index in [9.17, 15) is 4.79 Å². The van der Waals surface area contributed by atoms with Gasteiger partial charge in [0, 0.05) is 18.1 Å². The lowest BCUT2D eigenvalue weighted by Gasteiger charge is -2.09. The number of ether oxygens (including phenoxy) is 1. The van der Waals surface area contributed by atoms with Gasteiger partial charge in [-0.15, -0.1) is 0 Å². The van der Waals surface area contributed by atoms with Crippen LogP contribution in [0.3, 0.4) is 0 Å². The molecule has 0 saturated carbocycles. The molecule has 0 heterocycles. The highest BCUT2D eigenvalue weighted by molar-refractivity contribution is 9.10. The molecule has 0 aliphatic carbocycles. The van der Waals surface area contributed by atoms with Crippen LogP contribution < -0.4 is 5.32 Å². The van der Waals surface area contributed by atoms with E-state index in [1.54, 1.807) is 0 Å². The van der Waals surface area contributed by atoms with Gasteiger partial charge in [-0.1, -0.05) is 39.7 Å². The molecule has 3 nitrogen and oxygen atoms in total. The summed E-state index contributed by atoms with van der Waals surface area (Å²) in [5.74, 6) is -0.279. The van der Waals surface area contributed by atoms with Crippen LogP contribution in [0.4, 0.5) is 0 Å². The van der Waals surface area contributed by atoms with Crippen molar-refractivity contribution in [3.05, 3.63) is 34.9 Å². The number of esters is 1. The van der Waals surface area contributed by atoms with Gasteiger partial charge < -0.3 is 10.1 Å². The van der Waals surface area contributed by atoms with Gasteiger partial charge in [0.2, 0.25) is 0 Å². The summed E-state index contributed by atoms with van der Waals surface area (Å²) in [4.78, 5) is 10.8.